The second-order valence-corrected chi connectivity index (χ2v) is 4.14. The number of aryl methyl sites for hydroxylation is 2. The van der Waals surface area contributed by atoms with E-state index in [1.807, 2.05) is 32.9 Å². The predicted octanol–water partition coefficient (Wildman–Crippen LogP) is 2.84. The van der Waals surface area contributed by atoms with Crippen molar-refractivity contribution in [3.8, 4) is 5.75 Å². The number of pyridine rings is 1. The van der Waals surface area contributed by atoms with Crippen LogP contribution in [0.1, 0.15) is 31.7 Å². The summed E-state index contributed by atoms with van der Waals surface area (Å²) in [5.74, 6) is 0.466. The van der Waals surface area contributed by atoms with Gasteiger partial charge in [-0.15, -0.1) is 0 Å². The van der Waals surface area contributed by atoms with E-state index in [-0.39, 0.29) is 5.97 Å². The molecule has 0 saturated carbocycles. The van der Waals surface area contributed by atoms with Crippen molar-refractivity contribution in [2.75, 3.05) is 13.7 Å². The van der Waals surface area contributed by atoms with E-state index >= 15 is 0 Å². The first kappa shape index (κ1) is 15.2. The highest BCUT2D eigenvalue weighted by Gasteiger charge is 2.07. The quantitative estimate of drug-likeness (QED) is 0.585. The molecule has 0 bridgehead atoms. The predicted molar refractivity (Wildman–Crippen MR) is 74.2 cm³/mol. The molecular formula is C15H21NO3. The van der Waals surface area contributed by atoms with Crippen LogP contribution < -0.4 is 4.74 Å². The van der Waals surface area contributed by atoms with E-state index in [9.17, 15) is 4.79 Å². The first-order valence-electron chi connectivity index (χ1n) is 6.49. The van der Waals surface area contributed by atoms with Crippen molar-refractivity contribution < 1.29 is 14.3 Å². The minimum Gasteiger partial charge on any atom is -0.488 e. The van der Waals surface area contributed by atoms with Crippen molar-refractivity contribution in [2.24, 2.45) is 0 Å². The Labute approximate surface area is 114 Å². The number of methoxy groups -OCH3 is 1. The normalized spacial score (nSPS) is 11.3. The van der Waals surface area contributed by atoms with E-state index in [4.69, 9.17) is 9.47 Å². The number of carbonyl (C=O) groups excluding carboxylic acids is 1. The van der Waals surface area contributed by atoms with Crippen molar-refractivity contribution in [2.45, 2.75) is 33.6 Å². The Balaban J connectivity index is 2.71. The van der Waals surface area contributed by atoms with E-state index in [2.05, 4.69) is 4.98 Å². The van der Waals surface area contributed by atoms with Gasteiger partial charge in [0.1, 0.15) is 12.4 Å². The van der Waals surface area contributed by atoms with Crippen LogP contribution in [0.5, 0.6) is 5.75 Å². The number of carbonyl (C=O) groups is 1. The standard InChI is InChI=1S/C15H21NO3/c1-5-12(15(17)18-4)9-10-19-14-8-7-11(3)16-13(14)6-2/h7-9H,5-6,10H2,1-4H3/b12-9-. The van der Waals surface area contributed by atoms with E-state index in [1.54, 1.807) is 6.08 Å². The highest BCUT2D eigenvalue weighted by molar-refractivity contribution is 5.88. The number of hydrogen-bond donors (Lipinski definition) is 0. The SMILES string of the molecule is CC/C(=C/COc1ccc(C)nc1CC)C(=O)OC. The van der Waals surface area contributed by atoms with Gasteiger partial charge in [0.15, 0.2) is 0 Å². The van der Waals surface area contributed by atoms with Crippen LogP contribution in [0.4, 0.5) is 0 Å². The molecule has 0 aliphatic heterocycles. The van der Waals surface area contributed by atoms with Crippen LogP contribution in [0.15, 0.2) is 23.8 Å². The van der Waals surface area contributed by atoms with Crippen LogP contribution in [0.3, 0.4) is 0 Å². The molecule has 4 heteroatoms. The molecule has 0 aromatic carbocycles. The van der Waals surface area contributed by atoms with Crippen molar-refractivity contribution in [3.63, 3.8) is 0 Å². The van der Waals surface area contributed by atoms with Crippen molar-refractivity contribution >= 4 is 5.97 Å². The second-order valence-electron chi connectivity index (χ2n) is 4.14. The maximum Gasteiger partial charge on any atom is 0.333 e. The molecule has 0 N–H and O–H groups in total. The summed E-state index contributed by atoms with van der Waals surface area (Å²) in [5, 5.41) is 0. The summed E-state index contributed by atoms with van der Waals surface area (Å²) in [7, 11) is 1.38. The van der Waals surface area contributed by atoms with Crippen LogP contribution in [-0.4, -0.2) is 24.7 Å². The number of esters is 1. The fourth-order valence-corrected chi connectivity index (χ4v) is 1.72. The van der Waals surface area contributed by atoms with Crippen LogP contribution >= 0.6 is 0 Å². The molecule has 1 aromatic heterocycles. The third kappa shape index (κ3) is 4.39. The molecule has 0 spiro atoms. The zero-order chi connectivity index (χ0) is 14.3. The molecule has 104 valence electrons. The highest BCUT2D eigenvalue weighted by Crippen LogP contribution is 2.17. The van der Waals surface area contributed by atoms with Crippen molar-refractivity contribution in [1.29, 1.82) is 0 Å². The number of aromatic nitrogens is 1. The number of hydrogen-bond acceptors (Lipinski definition) is 4. The fraction of sp³-hybridized carbons (Fsp3) is 0.467. The van der Waals surface area contributed by atoms with E-state index in [0.29, 0.717) is 18.6 Å². The molecule has 4 nitrogen and oxygen atoms in total. The Hall–Kier alpha value is -1.84. The van der Waals surface area contributed by atoms with Gasteiger partial charge in [0, 0.05) is 11.3 Å². The largest absolute Gasteiger partial charge is 0.488 e. The summed E-state index contributed by atoms with van der Waals surface area (Å²) in [6, 6.07) is 3.83. The zero-order valence-corrected chi connectivity index (χ0v) is 12.0. The molecule has 1 aromatic rings. The third-order valence-electron chi connectivity index (χ3n) is 2.80. The number of ether oxygens (including phenoxy) is 2. The Morgan fingerprint density at radius 2 is 2.11 bits per heavy atom. The van der Waals surface area contributed by atoms with Gasteiger partial charge in [-0.3, -0.25) is 4.98 Å². The van der Waals surface area contributed by atoms with Crippen molar-refractivity contribution in [1.82, 2.24) is 4.98 Å². The smallest absolute Gasteiger partial charge is 0.333 e. The average molecular weight is 263 g/mol. The van der Waals surface area contributed by atoms with E-state index in [1.165, 1.54) is 7.11 Å². The lowest BCUT2D eigenvalue weighted by molar-refractivity contribution is -0.136. The molecule has 0 unspecified atom stereocenters. The maximum absolute atomic E-state index is 11.4. The molecule has 19 heavy (non-hydrogen) atoms. The molecule has 0 aliphatic rings. The van der Waals surface area contributed by atoms with Crippen LogP contribution in [-0.2, 0) is 16.0 Å². The third-order valence-corrected chi connectivity index (χ3v) is 2.80. The second kappa shape index (κ2) is 7.56. The van der Waals surface area contributed by atoms with Crippen LogP contribution in [0.2, 0.25) is 0 Å². The van der Waals surface area contributed by atoms with Crippen molar-refractivity contribution in [3.05, 3.63) is 35.2 Å². The summed E-state index contributed by atoms with van der Waals surface area (Å²) in [5.41, 5.74) is 2.54. The van der Waals surface area contributed by atoms with Gasteiger partial charge >= 0.3 is 5.97 Å². The monoisotopic (exact) mass is 263 g/mol. The Morgan fingerprint density at radius 3 is 2.68 bits per heavy atom. The molecule has 0 fully saturated rings. The fourth-order valence-electron chi connectivity index (χ4n) is 1.72. The van der Waals surface area contributed by atoms with Gasteiger partial charge < -0.3 is 9.47 Å². The van der Waals surface area contributed by atoms with Crippen LogP contribution in [0, 0.1) is 6.92 Å². The first-order valence-corrected chi connectivity index (χ1v) is 6.49. The topological polar surface area (TPSA) is 48.4 Å². The number of rotatable bonds is 6. The average Bonchev–Trinajstić information content (AvgIpc) is 2.44. The molecule has 0 radical (unpaired) electrons. The summed E-state index contributed by atoms with van der Waals surface area (Å²) in [6.07, 6.45) is 3.20. The zero-order valence-electron chi connectivity index (χ0n) is 12.0. The van der Waals surface area contributed by atoms with E-state index < -0.39 is 0 Å². The molecule has 1 heterocycles. The van der Waals surface area contributed by atoms with Gasteiger partial charge in [-0.1, -0.05) is 13.8 Å². The Kier molecular flexibility index (Phi) is 6.06. The molecular weight excluding hydrogens is 242 g/mol. The minimum atomic E-state index is -0.302. The Bertz CT molecular complexity index is 466. The lowest BCUT2D eigenvalue weighted by atomic mass is 10.2. The summed E-state index contributed by atoms with van der Waals surface area (Å²) in [4.78, 5) is 15.8. The summed E-state index contributed by atoms with van der Waals surface area (Å²) in [6.45, 7) is 6.25. The molecule has 0 aliphatic carbocycles. The van der Waals surface area contributed by atoms with Gasteiger partial charge in [0.2, 0.25) is 0 Å². The molecule has 0 amide bonds. The molecule has 0 atom stereocenters. The van der Waals surface area contributed by atoms with Gasteiger partial charge in [0.25, 0.3) is 0 Å². The first-order chi connectivity index (χ1) is 9.12. The minimum absolute atomic E-state index is 0.302. The molecule has 1 rings (SSSR count). The van der Waals surface area contributed by atoms with Gasteiger partial charge in [-0.05, 0) is 38.0 Å². The van der Waals surface area contributed by atoms with E-state index in [0.717, 1.165) is 23.6 Å². The number of nitrogens with zero attached hydrogens (tertiary/aromatic N) is 1. The molecule has 0 saturated heterocycles. The van der Waals surface area contributed by atoms with Gasteiger partial charge in [-0.25, -0.2) is 4.79 Å². The summed E-state index contributed by atoms with van der Waals surface area (Å²) >= 11 is 0. The van der Waals surface area contributed by atoms with Gasteiger partial charge in [-0.2, -0.15) is 0 Å². The Morgan fingerprint density at radius 1 is 1.37 bits per heavy atom. The summed E-state index contributed by atoms with van der Waals surface area (Å²) < 4.78 is 10.4. The highest BCUT2D eigenvalue weighted by atomic mass is 16.5. The maximum atomic E-state index is 11.4. The van der Waals surface area contributed by atoms with Gasteiger partial charge in [0.05, 0.1) is 12.8 Å². The lowest BCUT2D eigenvalue weighted by Crippen LogP contribution is -2.07. The van der Waals surface area contributed by atoms with Crippen LogP contribution in [0.25, 0.3) is 0 Å². The lowest BCUT2D eigenvalue weighted by Gasteiger charge is -2.09.